The molecule has 210 valence electrons. The fourth-order valence-corrected chi connectivity index (χ4v) is 4.11. The van der Waals surface area contributed by atoms with E-state index in [0.29, 0.717) is 45.9 Å². The molecule has 2 atom stereocenters. The third-order valence-electron chi connectivity index (χ3n) is 5.86. The van der Waals surface area contributed by atoms with Gasteiger partial charge in [-0.15, -0.1) is 0 Å². The highest BCUT2D eigenvalue weighted by Gasteiger charge is 2.22. The fourth-order valence-electron chi connectivity index (χ4n) is 4.11. The van der Waals surface area contributed by atoms with Gasteiger partial charge in [0.15, 0.2) is 0 Å². The van der Waals surface area contributed by atoms with Gasteiger partial charge in [0.1, 0.15) is 18.6 Å². The summed E-state index contributed by atoms with van der Waals surface area (Å²) in [7, 11) is 1.48. The van der Waals surface area contributed by atoms with Crippen molar-refractivity contribution in [3.05, 3.63) is 65.0 Å². The Hall–Kier alpha value is -3.87. The maximum atomic E-state index is 14.3. The van der Waals surface area contributed by atoms with Gasteiger partial charge >= 0.3 is 0 Å². The van der Waals surface area contributed by atoms with Crippen molar-refractivity contribution < 1.29 is 23.4 Å². The Balaban J connectivity index is 2.10. The minimum atomic E-state index is -1.33. The zero-order chi connectivity index (χ0) is 28.7. The number of benzene rings is 1. The summed E-state index contributed by atoms with van der Waals surface area (Å²) >= 11 is 0. The molecule has 0 spiro atoms. The quantitative estimate of drug-likeness (QED) is 0.197. The zero-order valence-corrected chi connectivity index (χ0v) is 22.5. The molecule has 7 N–H and O–H groups in total. The van der Waals surface area contributed by atoms with E-state index in [-0.39, 0.29) is 37.3 Å². The number of aryl methyl sites for hydroxylation is 1. The number of nitrogens with zero attached hydrogens (tertiary/aromatic N) is 4. The van der Waals surface area contributed by atoms with Crippen LogP contribution in [0.15, 0.2) is 47.8 Å². The molecule has 3 aromatic rings. The van der Waals surface area contributed by atoms with Crippen molar-refractivity contribution in [2.75, 3.05) is 32.6 Å². The molecular formula is C27H35F2N7O3. The Morgan fingerprint density at radius 3 is 2.44 bits per heavy atom. The van der Waals surface area contributed by atoms with Gasteiger partial charge < -0.3 is 31.1 Å². The van der Waals surface area contributed by atoms with E-state index < -0.39 is 18.1 Å². The van der Waals surface area contributed by atoms with E-state index in [2.05, 4.69) is 15.0 Å². The largest absolute Gasteiger partial charge is 0.471 e. The van der Waals surface area contributed by atoms with E-state index in [1.165, 1.54) is 31.2 Å². The number of hydrazine groups is 1. The number of aromatic nitrogens is 3. The lowest BCUT2D eigenvalue weighted by Crippen LogP contribution is -2.40. The molecule has 1 aromatic carbocycles. The second kappa shape index (κ2) is 13.3. The van der Waals surface area contributed by atoms with Crippen molar-refractivity contribution in [1.82, 2.24) is 20.0 Å². The van der Waals surface area contributed by atoms with Crippen molar-refractivity contribution in [2.24, 2.45) is 11.6 Å². The summed E-state index contributed by atoms with van der Waals surface area (Å²) in [6, 6.07) is 9.04. The van der Waals surface area contributed by atoms with Gasteiger partial charge in [-0.25, -0.2) is 19.6 Å². The first-order valence-electron chi connectivity index (χ1n) is 12.4. The predicted octanol–water partition coefficient (Wildman–Crippen LogP) is 3.41. The van der Waals surface area contributed by atoms with Gasteiger partial charge in [-0.1, -0.05) is 6.92 Å². The second-order valence-electron chi connectivity index (χ2n) is 9.03. The lowest BCUT2D eigenvalue weighted by molar-refractivity contribution is 0.0438. The standard InChI is InChI=1S/C27H35F2N7O3/c1-5-23(36(32)12-20(37)13-38-4)21(30)14-39-26-24(18-10-15(2)33-22(11-18)16(3)28)25(34-27(31)35-26)17-6-8-19(29)9-7-17/h6-11,16,20,37H,5,12-14,30,32H2,1-4H3,(H2,31,34,35)/b23-21-. The van der Waals surface area contributed by atoms with Crippen LogP contribution in [0.2, 0.25) is 0 Å². The molecule has 0 amide bonds. The van der Waals surface area contributed by atoms with Crippen molar-refractivity contribution in [1.29, 1.82) is 0 Å². The molecule has 0 aliphatic heterocycles. The number of rotatable bonds is 12. The molecule has 2 unspecified atom stereocenters. The Kier molecular flexibility index (Phi) is 10.1. The van der Waals surface area contributed by atoms with Crippen molar-refractivity contribution >= 4 is 5.95 Å². The van der Waals surface area contributed by atoms with Gasteiger partial charge in [-0.3, -0.25) is 4.98 Å². The number of allylic oxidation sites excluding steroid dienone is 1. The molecule has 2 aromatic heterocycles. The van der Waals surface area contributed by atoms with Gasteiger partial charge in [0.2, 0.25) is 11.8 Å². The number of halogens is 2. The zero-order valence-electron chi connectivity index (χ0n) is 22.5. The topological polar surface area (TPSA) is 159 Å². The molecule has 0 radical (unpaired) electrons. The van der Waals surface area contributed by atoms with E-state index in [4.69, 9.17) is 26.8 Å². The molecule has 39 heavy (non-hydrogen) atoms. The van der Waals surface area contributed by atoms with E-state index in [1.807, 2.05) is 6.92 Å². The number of pyridine rings is 1. The van der Waals surface area contributed by atoms with E-state index in [0.717, 1.165) is 0 Å². The molecule has 10 nitrogen and oxygen atoms in total. The summed E-state index contributed by atoms with van der Waals surface area (Å²) in [4.78, 5) is 13.0. The smallest absolute Gasteiger partial charge is 0.227 e. The lowest BCUT2D eigenvalue weighted by Gasteiger charge is -2.25. The molecule has 0 aliphatic carbocycles. The number of aliphatic hydroxyl groups is 1. The van der Waals surface area contributed by atoms with Crippen molar-refractivity contribution in [3.8, 4) is 28.3 Å². The van der Waals surface area contributed by atoms with Crippen LogP contribution in [-0.4, -0.2) is 58.0 Å². The minimum absolute atomic E-state index is 0.0839. The molecular weight excluding hydrogens is 508 g/mol. The van der Waals surface area contributed by atoms with E-state index in [9.17, 15) is 13.9 Å². The number of hydrogen-bond acceptors (Lipinski definition) is 10. The molecule has 0 fully saturated rings. The van der Waals surface area contributed by atoms with Gasteiger partial charge in [-0.2, -0.15) is 4.98 Å². The summed E-state index contributed by atoms with van der Waals surface area (Å²) in [5, 5.41) is 11.4. The predicted molar refractivity (Wildman–Crippen MR) is 145 cm³/mol. The molecule has 0 saturated heterocycles. The van der Waals surface area contributed by atoms with Crippen LogP contribution in [0.4, 0.5) is 14.7 Å². The number of ether oxygens (including phenoxy) is 2. The first kappa shape index (κ1) is 29.7. The number of alkyl halides is 1. The summed E-state index contributed by atoms with van der Waals surface area (Å²) in [5.74, 6) is 5.74. The number of nitrogen functional groups attached to an aromatic ring is 1. The average Bonchev–Trinajstić information content (AvgIpc) is 2.87. The SMILES string of the molecule is CC/C(=C(/N)COc1nc(N)nc(-c2ccc(F)cc2)c1-c1cc(C)nc(C(C)F)c1)N(N)CC(O)COC. The van der Waals surface area contributed by atoms with E-state index >= 15 is 0 Å². The van der Waals surface area contributed by atoms with Crippen molar-refractivity contribution in [2.45, 2.75) is 39.5 Å². The number of anilines is 1. The highest BCUT2D eigenvalue weighted by Crippen LogP contribution is 2.39. The average molecular weight is 544 g/mol. The number of methoxy groups -OCH3 is 1. The van der Waals surface area contributed by atoms with Crippen LogP contribution in [0.25, 0.3) is 22.4 Å². The summed E-state index contributed by atoms with van der Waals surface area (Å²) < 4.78 is 39.0. The van der Waals surface area contributed by atoms with E-state index in [1.54, 1.807) is 31.2 Å². The first-order valence-corrected chi connectivity index (χ1v) is 12.4. The third kappa shape index (κ3) is 7.59. The van der Waals surface area contributed by atoms with Crippen molar-refractivity contribution in [3.63, 3.8) is 0 Å². The molecule has 3 rings (SSSR count). The Bertz CT molecular complexity index is 1300. The Morgan fingerprint density at radius 1 is 1.13 bits per heavy atom. The van der Waals surface area contributed by atoms with Gasteiger partial charge in [0, 0.05) is 18.4 Å². The molecule has 0 saturated carbocycles. The lowest BCUT2D eigenvalue weighted by atomic mass is 9.99. The van der Waals surface area contributed by atoms with Crippen LogP contribution in [0.5, 0.6) is 5.88 Å². The summed E-state index contributed by atoms with van der Waals surface area (Å²) in [6.07, 6.45) is -1.68. The second-order valence-corrected chi connectivity index (χ2v) is 9.03. The van der Waals surface area contributed by atoms with Gasteiger partial charge in [0.25, 0.3) is 0 Å². The molecule has 12 heteroatoms. The normalized spacial score (nSPS) is 13.5. The van der Waals surface area contributed by atoms with Crippen LogP contribution >= 0.6 is 0 Å². The van der Waals surface area contributed by atoms with Gasteiger partial charge in [-0.05, 0) is 62.2 Å². The number of hydrogen-bond donors (Lipinski definition) is 4. The molecule has 0 bridgehead atoms. The maximum Gasteiger partial charge on any atom is 0.227 e. The Morgan fingerprint density at radius 2 is 1.82 bits per heavy atom. The number of nitrogens with two attached hydrogens (primary N) is 3. The summed E-state index contributed by atoms with van der Waals surface area (Å²) in [6.45, 7) is 5.09. The summed E-state index contributed by atoms with van der Waals surface area (Å²) in [5.41, 5.74) is 15.9. The monoisotopic (exact) mass is 543 g/mol. The Labute approximate surface area is 226 Å². The maximum absolute atomic E-state index is 14.3. The fraction of sp³-hybridized carbons (Fsp3) is 0.370. The van der Waals surface area contributed by atoms with Crippen LogP contribution in [-0.2, 0) is 4.74 Å². The minimum Gasteiger partial charge on any atom is -0.471 e. The van der Waals surface area contributed by atoms with Gasteiger partial charge in [0.05, 0.1) is 47.6 Å². The third-order valence-corrected chi connectivity index (χ3v) is 5.86. The molecule has 0 aliphatic rings. The van der Waals surface area contributed by atoms with Crippen LogP contribution < -0.4 is 22.0 Å². The number of aliphatic hydroxyl groups excluding tert-OH is 1. The van der Waals surface area contributed by atoms with Crippen LogP contribution in [0.1, 0.15) is 37.8 Å². The first-order chi connectivity index (χ1) is 18.5. The van der Waals surface area contributed by atoms with Crippen LogP contribution in [0.3, 0.4) is 0 Å². The molecule has 2 heterocycles. The highest BCUT2D eigenvalue weighted by molar-refractivity contribution is 5.85. The van der Waals surface area contributed by atoms with Crippen LogP contribution in [0, 0.1) is 12.7 Å². The highest BCUT2D eigenvalue weighted by atomic mass is 19.1.